The van der Waals surface area contributed by atoms with Gasteiger partial charge in [-0.2, -0.15) is 0 Å². The Bertz CT molecular complexity index is 1540. The highest BCUT2D eigenvalue weighted by Crippen LogP contribution is 2.45. The first kappa shape index (κ1) is 29.0. The number of halogens is 2. The topological polar surface area (TPSA) is 157 Å². The maximum atomic E-state index is 11.3. The van der Waals surface area contributed by atoms with Crippen molar-refractivity contribution in [2.45, 2.75) is 6.54 Å². The zero-order chi connectivity index (χ0) is 29.6. The lowest BCUT2D eigenvalue weighted by molar-refractivity contribution is 0.140. The van der Waals surface area contributed by atoms with Gasteiger partial charge in [0.25, 0.3) is 0 Å². The van der Waals surface area contributed by atoms with Crippen LogP contribution in [-0.2, 0) is 6.54 Å². The number of nitrogens with two attached hydrogens (primary N) is 1. The molecule has 1 aliphatic heterocycles. The second-order valence-electron chi connectivity index (χ2n) is 9.26. The third-order valence-electron chi connectivity index (χ3n) is 6.64. The number of nitrogens with one attached hydrogen (secondary N) is 2. The molecule has 218 valence electrons. The molecule has 4 aromatic rings. The lowest BCUT2D eigenvalue weighted by atomic mass is 10.2. The summed E-state index contributed by atoms with van der Waals surface area (Å²) >= 11 is 13.1. The van der Waals surface area contributed by atoms with Crippen LogP contribution in [0.4, 0.5) is 27.9 Å². The van der Waals surface area contributed by atoms with Crippen molar-refractivity contribution in [3.63, 3.8) is 0 Å². The largest absolute Gasteiger partial charge is 0.495 e. The van der Waals surface area contributed by atoms with Crippen molar-refractivity contribution in [2.24, 2.45) is 5.73 Å². The molecule has 4 N–H and O–H groups in total. The van der Waals surface area contributed by atoms with Crippen molar-refractivity contribution in [1.82, 2.24) is 34.7 Å². The van der Waals surface area contributed by atoms with Gasteiger partial charge in [0.1, 0.15) is 51.7 Å². The molecule has 0 aliphatic carbocycles. The van der Waals surface area contributed by atoms with E-state index in [0.717, 1.165) is 25.2 Å². The maximum Gasteiger partial charge on any atom is 0.314 e. The molecule has 1 aromatic carbocycles. The van der Waals surface area contributed by atoms with E-state index >= 15 is 0 Å². The van der Waals surface area contributed by atoms with Crippen molar-refractivity contribution in [3.8, 4) is 22.8 Å². The number of pyridine rings is 1. The molecule has 2 amide bonds. The Morgan fingerprint density at radius 3 is 2.29 bits per heavy atom. The van der Waals surface area contributed by atoms with Crippen LogP contribution in [0.5, 0.6) is 11.5 Å². The summed E-state index contributed by atoms with van der Waals surface area (Å²) in [4.78, 5) is 37.1. The normalized spacial score (nSPS) is 13.5. The first-order valence-electron chi connectivity index (χ1n) is 12.8. The van der Waals surface area contributed by atoms with Crippen molar-refractivity contribution in [1.29, 1.82) is 0 Å². The molecule has 1 fully saturated rings. The molecule has 0 atom stereocenters. The smallest absolute Gasteiger partial charge is 0.314 e. The van der Waals surface area contributed by atoms with Gasteiger partial charge in [-0.1, -0.05) is 29.3 Å². The molecule has 42 heavy (non-hydrogen) atoms. The Hall–Kier alpha value is -4.46. The van der Waals surface area contributed by atoms with Crippen LogP contribution >= 0.6 is 23.2 Å². The molecular formula is C27H28Cl2N10O3. The van der Waals surface area contributed by atoms with Crippen LogP contribution < -0.4 is 25.8 Å². The van der Waals surface area contributed by atoms with Crippen molar-refractivity contribution < 1.29 is 14.3 Å². The molecule has 0 spiro atoms. The SMILES string of the molecule is COc1cc(OC)c(Cl)c(Nc2ncncc2-c2cc(Nc3ccc(CN4CCN(C(N)=O)CC4)cn3)ncn2)c1Cl. The number of amides is 2. The van der Waals surface area contributed by atoms with Crippen LogP contribution in [0.2, 0.25) is 10.0 Å². The van der Waals surface area contributed by atoms with Crippen molar-refractivity contribution in [3.05, 3.63) is 64.9 Å². The fourth-order valence-electron chi connectivity index (χ4n) is 4.41. The van der Waals surface area contributed by atoms with Gasteiger partial charge in [0, 0.05) is 57.3 Å². The van der Waals surface area contributed by atoms with Crippen LogP contribution in [-0.4, -0.2) is 81.1 Å². The first-order chi connectivity index (χ1) is 20.4. The summed E-state index contributed by atoms with van der Waals surface area (Å²) in [6, 6.07) is 6.87. The number of urea groups is 1. The first-order valence-corrected chi connectivity index (χ1v) is 13.6. The van der Waals surface area contributed by atoms with Gasteiger partial charge in [-0.05, 0) is 11.6 Å². The average molecular weight is 611 g/mol. The van der Waals surface area contributed by atoms with Crippen LogP contribution in [0.1, 0.15) is 5.56 Å². The van der Waals surface area contributed by atoms with Gasteiger partial charge in [-0.3, -0.25) is 4.90 Å². The van der Waals surface area contributed by atoms with E-state index in [4.69, 9.17) is 38.4 Å². The van der Waals surface area contributed by atoms with Gasteiger partial charge < -0.3 is 30.7 Å². The van der Waals surface area contributed by atoms with Gasteiger partial charge in [-0.25, -0.2) is 29.7 Å². The Morgan fingerprint density at radius 2 is 1.64 bits per heavy atom. The summed E-state index contributed by atoms with van der Waals surface area (Å²) in [7, 11) is 3.00. The zero-order valence-corrected chi connectivity index (χ0v) is 24.4. The van der Waals surface area contributed by atoms with E-state index in [9.17, 15) is 4.79 Å². The molecule has 3 aromatic heterocycles. The molecule has 0 unspecified atom stereocenters. The van der Waals surface area contributed by atoms with Crippen LogP contribution in [0.3, 0.4) is 0 Å². The van der Waals surface area contributed by atoms with E-state index in [2.05, 4.69) is 40.5 Å². The average Bonchev–Trinajstić information content (AvgIpc) is 3.01. The van der Waals surface area contributed by atoms with Crippen LogP contribution in [0, 0.1) is 0 Å². The standard InChI is InChI=1S/C27H28Cl2N10O3/c1-41-19-10-20(42-2)24(29)25(23(19)28)37-26-17(12-31-14-35-26)18-9-22(34-15-33-18)36-21-4-3-16(11-32-21)13-38-5-7-39(8-6-38)27(30)40/h3-4,9-12,14-15H,5-8,13H2,1-2H3,(H2,30,40)(H,31,35,37)(H,32,33,34,36). The maximum absolute atomic E-state index is 11.3. The number of ether oxygens (including phenoxy) is 2. The van der Waals surface area contributed by atoms with Crippen LogP contribution in [0.15, 0.2) is 49.3 Å². The number of hydrogen-bond donors (Lipinski definition) is 3. The van der Waals surface area contributed by atoms with Crippen molar-refractivity contribution >= 4 is 52.4 Å². The number of rotatable bonds is 9. The van der Waals surface area contributed by atoms with Crippen molar-refractivity contribution in [2.75, 3.05) is 51.0 Å². The van der Waals surface area contributed by atoms with Gasteiger partial charge in [-0.15, -0.1) is 0 Å². The number of piperazine rings is 1. The number of benzene rings is 1. The lowest BCUT2D eigenvalue weighted by Crippen LogP contribution is -2.50. The molecule has 5 rings (SSSR count). The summed E-state index contributed by atoms with van der Waals surface area (Å²) in [5.41, 5.74) is 7.92. The van der Waals surface area contributed by atoms with E-state index in [-0.39, 0.29) is 16.1 Å². The van der Waals surface area contributed by atoms with E-state index in [0.29, 0.717) is 59.0 Å². The molecule has 1 aliphatic rings. The summed E-state index contributed by atoms with van der Waals surface area (Å²) < 4.78 is 10.7. The molecular weight excluding hydrogens is 583 g/mol. The molecule has 15 heteroatoms. The predicted octanol–water partition coefficient (Wildman–Crippen LogP) is 4.34. The number of methoxy groups -OCH3 is 2. The van der Waals surface area contributed by atoms with E-state index in [1.54, 1.807) is 23.2 Å². The monoisotopic (exact) mass is 610 g/mol. The third kappa shape index (κ3) is 6.54. The fraction of sp³-hybridized carbons (Fsp3) is 0.259. The molecule has 4 heterocycles. The Balaban J connectivity index is 1.31. The van der Waals surface area contributed by atoms with Gasteiger partial charge in [0.05, 0.1) is 31.2 Å². The summed E-state index contributed by atoms with van der Waals surface area (Å²) in [6.07, 6.45) is 6.27. The summed E-state index contributed by atoms with van der Waals surface area (Å²) in [5, 5.41) is 6.91. The van der Waals surface area contributed by atoms with Gasteiger partial charge in [0.2, 0.25) is 0 Å². The summed E-state index contributed by atoms with van der Waals surface area (Å²) in [5.74, 6) is 2.32. The van der Waals surface area contributed by atoms with Crippen LogP contribution in [0.25, 0.3) is 11.3 Å². The van der Waals surface area contributed by atoms with Gasteiger partial charge in [0.15, 0.2) is 0 Å². The minimum absolute atomic E-state index is 0.264. The minimum atomic E-state index is -0.377. The van der Waals surface area contributed by atoms with E-state index in [1.165, 1.54) is 26.9 Å². The quantitative estimate of drug-likeness (QED) is 0.247. The number of nitrogens with zero attached hydrogens (tertiary/aromatic N) is 7. The fourth-order valence-corrected chi connectivity index (χ4v) is 5.01. The highest BCUT2D eigenvalue weighted by molar-refractivity contribution is 6.41. The number of hydrogen-bond acceptors (Lipinski definition) is 11. The summed E-state index contributed by atoms with van der Waals surface area (Å²) in [6.45, 7) is 3.49. The highest BCUT2D eigenvalue weighted by Gasteiger charge is 2.21. The molecule has 1 saturated heterocycles. The number of carbonyl (C=O) groups is 1. The second kappa shape index (κ2) is 13.0. The minimum Gasteiger partial charge on any atom is -0.495 e. The highest BCUT2D eigenvalue weighted by atomic mass is 35.5. The number of primary amides is 1. The lowest BCUT2D eigenvalue weighted by Gasteiger charge is -2.33. The second-order valence-corrected chi connectivity index (χ2v) is 10.0. The Labute approximate surface area is 252 Å². The Kier molecular flexibility index (Phi) is 9.00. The number of anilines is 4. The van der Waals surface area contributed by atoms with Gasteiger partial charge >= 0.3 is 6.03 Å². The molecule has 13 nitrogen and oxygen atoms in total. The Morgan fingerprint density at radius 1 is 0.905 bits per heavy atom. The number of carbonyl (C=O) groups excluding carboxylic acids is 1. The molecule has 0 saturated carbocycles. The number of aromatic nitrogens is 5. The van der Waals surface area contributed by atoms with E-state index in [1.807, 2.05) is 18.3 Å². The third-order valence-corrected chi connectivity index (χ3v) is 7.39. The molecule has 0 radical (unpaired) electrons. The predicted molar refractivity (Wildman–Crippen MR) is 160 cm³/mol. The molecule has 0 bridgehead atoms. The van der Waals surface area contributed by atoms with E-state index < -0.39 is 0 Å². The zero-order valence-electron chi connectivity index (χ0n) is 22.8.